The van der Waals surface area contributed by atoms with Crippen molar-refractivity contribution in [1.82, 2.24) is 15.2 Å². The quantitative estimate of drug-likeness (QED) is 0.832. The van der Waals surface area contributed by atoms with Crippen LogP contribution < -0.4 is 4.90 Å². The first kappa shape index (κ1) is 12.7. The molecular formula is C12H17N5O. The summed E-state index contributed by atoms with van der Waals surface area (Å²) in [4.78, 5) is 6.32. The smallest absolute Gasteiger partial charge is 0.245 e. The predicted molar refractivity (Wildman–Crippen MR) is 66.0 cm³/mol. The molecule has 1 aliphatic heterocycles. The molecule has 0 radical (unpaired) electrons. The third-order valence-electron chi connectivity index (χ3n) is 3.16. The highest BCUT2D eigenvalue weighted by atomic mass is 16.3. The van der Waals surface area contributed by atoms with Gasteiger partial charge in [-0.3, -0.25) is 0 Å². The molecule has 0 bridgehead atoms. The second-order valence-electron chi connectivity index (χ2n) is 4.63. The summed E-state index contributed by atoms with van der Waals surface area (Å²) >= 11 is 0. The summed E-state index contributed by atoms with van der Waals surface area (Å²) in [5.41, 5.74) is 0.973. The second-order valence-corrected chi connectivity index (χ2v) is 4.63. The molecule has 0 atom stereocenters. The minimum atomic E-state index is -0.909. The van der Waals surface area contributed by atoms with Crippen LogP contribution in [-0.2, 0) is 12.8 Å². The predicted octanol–water partition coefficient (Wildman–Crippen LogP) is 0.461. The largest absolute Gasteiger partial charge is 0.385 e. The van der Waals surface area contributed by atoms with Crippen LogP contribution in [0.1, 0.15) is 31.7 Å². The lowest BCUT2D eigenvalue weighted by Gasteiger charge is -2.45. The first-order chi connectivity index (χ1) is 8.61. The van der Waals surface area contributed by atoms with Crippen LogP contribution in [-0.4, -0.2) is 39.0 Å². The summed E-state index contributed by atoms with van der Waals surface area (Å²) in [5.74, 6) is 0.548. The number of anilines is 1. The molecule has 2 rings (SSSR count). The third-order valence-corrected chi connectivity index (χ3v) is 3.16. The number of aryl methyl sites for hydroxylation is 2. The van der Waals surface area contributed by atoms with E-state index in [1.54, 1.807) is 0 Å². The Balaban J connectivity index is 2.11. The maximum absolute atomic E-state index is 9.93. The first-order valence-corrected chi connectivity index (χ1v) is 6.18. The zero-order chi connectivity index (χ0) is 13.2. The van der Waals surface area contributed by atoms with Crippen molar-refractivity contribution in [1.29, 1.82) is 5.26 Å². The number of hydrogen-bond acceptors (Lipinski definition) is 6. The summed E-state index contributed by atoms with van der Waals surface area (Å²) in [6.45, 7) is 4.86. The summed E-state index contributed by atoms with van der Waals surface area (Å²) < 4.78 is 0. The van der Waals surface area contributed by atoms with Crippen LogP contribution in [0.15, 0.2) is 0 Å². The maximum Gasteiger partial charge on any atom is 0.245 e. The van der Waals surface area contributed by atoms with Crippen molar-refractivity contribution in [2.75, 3.05) is 18.0 Å². The number of rotatable bonds is 4. The molecule has 1 aromatic rings. The highest BCUT2D eigenvalue weighted by Crippen LogP contribution is 2.27. The Bertz CT molecular complexity index is 476. The molecule has 1 fully saturated rings. The van der Waals surface area contributed by atoms with Gasteiger partial charge in [-0.05, 0) is 12.8 Å². The van der Waals surface area contributed by atoms with E-state index < -0.39 is 5.60 Å². The molecule has 6 heteroatoms. The molecule has 0 unspecified atom stereocenters. The Morgan fingerprint density at radius 2 is 1.94 bits per heavy atom. The standard InChI is InChI=1S/C12H17N5O/c1-3-9-10(4-2)15-16-11(14-9)17-7-12(18,8-17)5-6-13/h18H,3-5,7-8H2,1-2H3. The third kappa shape index (κ3) is 2.27. The van der Waals surface area contributed by atoms with Crippen molar-refractivity contribution in [2.45, 2.75) is 38.7 Å². The van der Waals surface area contributed by atoms with E-state index >= 15 is 0 Å². The Hall–Kier alpha value is -1.74. The average molecular weight is 247 g/mol. The molecule has 0 spiro atoms. The van der Waals surface area contributed by atoms with Gasteiger partial charge in [-0.15, -0.1) is 5.10 Å². The number of β-amino-alcohol motifs (C(OH)–C–C–N with tert-alkyl or cyclic N) is 1. The van der Waals surface area contributed by atoms with E-state index in [9.17, 15) is 5.11 Å². The van der Waals surface area contributed by atoms with Crippen LogP contribution in [0.4, 0.5) is 5.95 Å². The Morgan fingerprint density at radius 1 is 1.28 bits per heavy atom. The van der Waals surface area contributed by atoms with Crippen molar-refractivity contribution < 1.29 is 5.11 Å². The molecule has 0 aromatic carbocycles. The van der Waals surface area contributed by atoms with Crippen molar-refractivity contribution in [3.63, 3.8) is 0 Å². The zero-order valence-electron chi connectivity index (χ0n) is 10.7. The molecule has 0 aliphatic carbocycles. The molecule has 96 valence electrons. The van der Waals surface area contributed by atoms with Crippen LogP contribution >= 0.6 is 0 Å². The summed E-state index contributed by atoms with van der Waals surface area (Å²) in [6, 6.07) is 1.99. The van der Waals surface area contributed by atoms with Crippen molar-refractivity contribution in [3.05, 3.63) is 11.4 Å². The van der Waals surface area contributed by atoms with Crippen LogP contribution in [0.3, 0.4) is 0 Å². The van der Waals surface area contributed by atoms with E-state index in [1.165, 1.54) is 0 Å². The number of hydrogen-bond donors (Lipinski definition) is 1. The van der Waals surface area contributed by atoms with Gasteiger partial charge in [0.2, 0.25) is 5.95 Å². The molecule has 1 aromatic heterocycles. The number of nitrogens with zero attached hydrogens (tertiary/aromatic N) is 5. The van der Waals surface area contributed by atoms with Crippen LogP contribution in [0, 0.1) is 11.3 Å². The van der Waals surface area contributed by atoms with Crippen LogP contribution in [0.5, 0.6) is 0 Å². The molecule has 1 aliphatic rings. The lowest BCUT2D eigenvalue weighted by molar-refractivity contribution is 0.0155. The maximum atomic E-state index is 9.93. The fraction of sp³-hybridized carbons (Fsp3) is 0.667. The van der Waals surface area contributed by atoms with Crippen molar-refractivity contribution in [2.24, 2.45) is 0 Å². The molecule has 0 amide bonds. The van der Waals surface area contributed by atoms with Gasteiger partial charge in [0.15, 0.2) is 0 Å². The number of nitriles is 1. The van der Waals surface area contributed by atoms with Gasteiger partial charge < -0.3 is 10.0 Å². The normalized spacial score (nSPS) is 17.1. The first-order valence-electron chi connectivity index (χ1n) is 6.18. The van der Waals surface area contributed by atoms with Crippen LogP contribution in [0.25, 0.3) is 0 Å². The molecule has 1 N–H and O–H groups in total. The van der Waals surface area contributed by atoms with Gasteiger partial charge in [0, 0.05) is 0 Å². The van der Waals surface area contributed by atoms with E-state index in [4.69, 9.17) is 5.26 Å². The van der Waals surface area contributed by atoms with Gasteiger partial charge in [-0.25, -0.2) is 4.98 Å². The monoisotopic (exact) mass is 247 g/mol. The van der Waals surface area contributed by atoms with Gasteiger partial charge in [0.25, 0.3) is 0 Å². The van der Waals surface area contributed by atoms with E-state index in [1.807, 2.05) is 24.8 Å². The van der Waals surface area contributed by atoms with Crippen LogP contribution in [0.2, 0.25) is 0 Å². The summed E-state index contributed by atoms with van der Waals surface area (Å²) in [5, 5.41) is 26.8. The molecular weight excluding hydrogens is 230 g/mol. The lowest BCUT2D eigenvalue weighted by atomic mass is 9.91. The van der Waals surface area contributed by atoms with Crippen molar-refractivity contribution >= 4 is 5.95 Å². The SMILES string of the molecule is CCc1nnc(N2CC(O)(CC#N)C2)nc1CC. The second kappa shape index (κ2) is 4.86. The Labute approximate surface area is 106 Å². The minimum Gasteiger partial charge on any atom is -0.385 e. The van der Waals surface area contributed by atoms with Crippen molar-refractivity contribution in [3.8, 4) is 6.07 Å². The average Bonchev–Trinajstić information content (AvgIpc) is 2.35. The summed E-state index contributed by atoms with van der Waals surface area (Å²) in [6.07, 6.45) is 1.79. The molecule has 0 saturated carbocycles. The van der Waals surface area contributed by atoms with Gasteiger partial charge in [-0.1, -0.05) is 13.8 Å². The molecule has 1 saturated heterocycles. The van der Waals surface area contributed by atoms with Gasteiger partial charge in [-0.2, -0.15) is 10.4 Å². The minimum absolute atomic E-state index is 0.143. The fourth-order valence-electron chi connectivity index (χ4n) is 2.13. The topological polar surface area (TPSA) is 85.9 Å². The lowest BCUT2D eigenvalue weighted by Crippen LogP contribution is -2.62. The fourth-order valence-corrected chi connectivity index (χ4v) is 2.13. The van der Waals surface area contributed by atoms with E-state index in [-0.39, 0.29) is 6.42 Å². The van der Waals surface area contributed by atoms with Gasteiger partial charge in [0.1, 0.15) is 5.60 Å². The highest BCUT2D eigenvalue weighted by molar-refractivity contribution is 5.38. The zero-order valence-corrected chi connectivity index (χ0v) is 10.7. The number of aliphatic hydroxyl groups is 1. The van der Waals surface area contributed by atoms with E-state index in [0.717, 1.165) is 24.2 Å². The number of aromatic nitrogens is 3. The molecule has 18 heavy (non-hydrogen) atoms. The molecule has 6 nitrogen and oxygen atoms in total. The Morgan fingerprint density at radius 3 is 2.50 bits per heavy atom. The summed E-state index contributed by atoms with van der Waals surface area (Å²) in [7, 11) is 0. The Kier molecular flexibility index (Phi) is 3.43. The van der Waals surface area contributed by atoms with Gasteiger partial charge >= 0.3 is 0 Å². The highest BCUT2D eigenvalue weighted by Gasteiger charge is 2.42. The van der Waals surface area contributed by atoms with E-state index in [0.29, 0.717) is 19.0 Å². The molecule has 2 heterocycles. The van der Waals surface area contributed by atoms with E-state index in [2.05, 4.69) is 15.2 Å². The van der Waals surface area contributed by atoms with Gasteiger partial charge in [0.05, 0.1) is 37.0 Å².